The molecule has 158 valence electrons. The van der Waals surface area contributed by atoms with Gasteiger partial charge in [-0.3, -0.25) is 10.1 Å². The van der Waals surface area contributed by atoms with Crippen LogP contribution in [-0.4, -0.2) is 62.6 Å². The average Bonchev–Trinajstić information content (AvgIpc) is 3.12. The zero-order valence-electron chi connectivity index (χ0n) is 16.4. The van der Waals surface area contributed by atoms with Crippen molar-refractivity contribution in [3.63, 3.8) is 0 Å². The summed E-state index contributed by atoms with van der Waals surface area (Å²) in [5.41, 5.74) is 1.99. The Kier molecular flexibility index (Phi) is 5.70. The number of morpholine rings is 1. The van der Waals surface area contributed by atoms with Crippen molar-refractivity contribution in [1.82, 2.24) is 19.5 Å². The lowest BCUT2D eigenvalue weighted by molar-refractivity contribution is -0.385. The molecular formula is C18H20N6O5S. The minimum atomic E-state index is -0.886. The molecule has 1 atom stereocenters. The summed E-state index contributed by atoms with van der Waals surface area (Å²) in [4.78, 5) is 26.4. The van der Waals surface area contributed by atoms with E-state index >= 15 is 0 Å². The predicted octanol–water partition coefficient (Wildman–Crippen LogP) is 1.73. The average molecular weight is 432 g/mol. The van der Waals surface area contributed by atoms with Crippen LogP contribution in [0.5, 0.6) is 5.75 Å². The summed E-state index contributed by atoms with van der Waals surface area (Å²) in [6.45, 7) is 1.25. The van der Waals surface area contributed by atoms with Gasteiger partial charge in [0.05, 0.1) is 31.5 Å². The van der Waals surface area contributed by atoms with Crippen LogP contribution in [0, 0.1) is 10.1 Å². The molecule has 1 fully saturated rings. The van der Waals surface area contributed by atoms with Gasteiger partial charge in [0.15, 0.2) is 34.2 Å². The first-order valence-electron chi connectivity index (χ1n) is 9.14. The first kappa shape index (κ1) is 20.3. The van der Waals surface area contributed by atoms with Gasteiger partial charge in [-0.05, 0) is 11.6 Å². The zero-order chi connectivity index (χ0) is 21.3. The first-order valence-corrected chi connectivity index (χ1v) is 10.1. The molecule has 1 aliphatic rings. The number of anilines is 1. The Morgan fingerprint density at radius 2 is 2.27 bits per heavy atom. The number of aliphatic hydroxyl groups is 1. The van der Waals surface area contributed by atoms with Gasteiger partial charge in [0, 0.05) is 25.4 Å². The fourth-order valence-electron chi connectivity index (χ4n) is 3.20. The SMILES string of the molecule is COc1ccc(CSc2nc(N3CCOC(O)C3)c3ncn(C)c3n2)cc1[N+](=O)[O-]. The Labute approximate surface area is 175 Å². The molecular weight excluding hydrogens is 412 g/mol. The van der Waals surface area contributed by atoms with Crippen molar-refractivity contribution in [2.75, 3.05) is 31.7 Å². The molecule has 4 rings (SSSR count). The Morgan fingerprint density at radius 1 is 1.43 bits per heavy atom. The van der Waals surface area contributed by atoms with Crippen molar-refractivity contribution in [2.45, 2.75) is 17.2 Å². The van der Waals surface area contributed by atoms with Gasteiger partial charge in [-0.2, -0.15) is 0 Å². The number of fused-ring (bicyclic) bond motifs is 1. The lowest BCUT2D eigenvalue weighted by atomic mass is 10.2. The lowest BCUT2D eigenvalue weighted by Crippen LogP contribution is -2.43. The number of benzene rings is 1. The molecule has 2 aromatic heterocycles. The number of aromatic nitrogens is 4. The fraction of sp³-hybridized carbons (Fsp3) is 0.389. The van der Waals surface area contributed by atoms with E-state index in [1.165, 1.54) is 24.9 Å². The van der Waals surface area contributed by atoms with Crippen LogP contribution >= 0.6 is 11.8 Å². The minimum absolute atomic E-state index is 0.0819. The first-order chi connectivity index (χ1) is 14.5. The maximum atomic E-state index is 11.3. The Bertz CT molecular complexity index is 1090. The van der Waals surface area contributed by atoms with Crippen molar-refractivity contribution < 1.29 is 19.5 Å². The summed E-state index contributed by atoms with van der Waals surface area (Å²) in [7, 11) is 3.25. The quantitative estimate of drug-likeness (QED) is 0.266. The number of aryl methyl sites for hydroxylation is 1. The van der Waals surface area contributed by atoms with Gasteiger partial charge < -0.3 is 24.0 Å². The molecule has 0 spiro atoms. The Hall–Kier alpha value is -2.96. The molecule has 3 aromatic rings. The molecule has 1 unspecified atom stereocenters. The third kappa shape index (κ3) is 4.01. The van der Waals surface area contributed by atoms with Gasteiger partial charge in [-0.1, -0.05) is 17.8 Å². The van der Waals surface area contributed by atoms with E-state index in [1.807, 2.05) is 11.9 Å². The lowest BCUT2D eigenvalue weighted by Gasteiger charge is -2.31. The minimum Gasteiger partial charge on any atom is -0.490 e. The molecule has 1 aliphatic heterocycles. The van der Waals surface area contributed by atoms with Gasteiger partial charge in [-0.15, -0.1) is 0 Å². The van der Waals surface area contributed by atoms with Crippen LogP contribution < -0.4 is 9.64 Å². The third-order valence-corrected chi connectivity index (χ3v) is 5.59. The highest BCUT2D eigenvalue weighted by Crippen LogP contribution is 2.32. The Balaban J connectivity index is 1.62. The zero-order valence-corrected chi connectivity index (χ0v) is 17.2. The second-order valence-corrected chi connectivity index (χ2v) is 7.62. The molecule has 1 saturated heterocycles. The summed E-state index contributed by atoms with van der Waals surface area (Å²) in [6.07, 6.45) is 0.782. The van der Waals surface area contributed by atoms with E-state index in [4.69, 9.17) is 9.47 Å². The number of imidazole rings is 1. The number of β-amino-alcohol motifs (C(OH)–C–C–N with tert-alkyl or cyclic N) is 1. The second-order valence-electron chi connectivity index (χ2n) is 6.68. The van der Waals surface area contributed by atoms with Crippen LogP contribution in [0.15, 0.2) is 29.7 Å². The normalized spacial score (nSPS) is 16.8. The number of aliphatic hydroxyl groups excluding tert-OH is 1. The van der Waals surface area contributed by atoms with E-state index in [0.717, 1.165) is 5.56 Å². The topological polar surface area (TPSA) is 129 Å². The van der Waals surface area contributed by atoms with Crippen molar-refractivity contribution in [3.05, 3.63) is 40.2 Å². The van der Waals surface area contributed by atoms with Crippen molar-refractivity contribution in [1.29, 1.82) is 0 Å². The number of nitro benzene ring substituents is 1. The molecule has 0 aliphatic carbocycles. The molecule has 11 nitrogen and oxygen atoms in total. The smallest absolute Gasteiger partial charge is 0.311 e. The maximum Gasteiger partial charge on any atom is 0.311 e. The van der Waals surface area contributed by atoms with Crippen molar-refractivity contribution in [2.24, 2.45) is 7.05 Å². The van der Waals surface area contributed by atoms with Gasteiger partial charge in [0.2, 0.25) is 0 Å². The highest BCUT2D eigenvalue weighted by atomic mass is 32.2. The standard InChI is InChI=1S/C18H20N6O5S/c1-22-10-19-15-16(22)20-18(21-17(15)23-5-6-29-14(25)8-23)30-9-11-3-4-13(28-2)12(7-11)24(26)27/h3-4,7,10,14,25H,5-6,8-9H2,1-2H3. The second kappa shape index (κ2) is 8.42. The monoisotopic (exact) mass is 432 g/mol. The van der Waals surface area contributed by atoms with Crippen LogP contribution in [0.25, 0.3) is 11.2 Å². The van der Waals surface area contributed by atoms with Gasteiger partial charge in [-0.25, -0.2) is 15.0 Å². The molecule has 0 amide bonds. The molecule has 30 heavy (non-hydrogen) atoms. The fourth-order valence-corrected chi connectivity index (χ4v) is 3.97. The number of hydrogen-bond donors (Lipinski definition) is 1. The summed E-state index contributed by atoms with van der Waals surface area (Å²) in [6, 6.07) is 4.86. The number of hydrogen-bond acceptors (Lipinski definition) is 10. The predicted molar refractivity (Wildman–Crippen MR) is 110 cm³/mol. The number of methoxy groups -OCH3 is 1. The van der Waals surface area contributed by atoms with Crippen molar-refractivity contribution >= 4 is 34.4 Å². The molecule has 0 saturated carbocycles. The van der Waals surface area contributed by atoms with Crippen LogP contribution in [0.4, 0.5) is 11.5 Å². The molecule has 1 N–H and O–H groups in total. The summed E-state index contributed by atoms with van der Waals surface area (Å²) in [5, 5.41) is 21.6. The van der Waals surface area contributed by atoms with E-state index in [1.54, 1.807) is 23.0 Å². The van der Waals surface area contributed by atoms with Gasteiger partial charge in [0.1, 0.15) is 0 Å². The molecule has 1 aromatic carbocycles. The van der Waals surface area contributed by atoms with E-state index in [2.05, 4.69) is 15.0 Å². The van der Waals surface area contributed by atoms with Crippen LogP contribution in [0.2, 0.25) is 0 Å². The maximum absolute atomic E-state index is 11.3. The number of nitro groups is 1. The Morgan fingerprint density at radius 3 is 3.00 bits per heavy atom. The molecule has 3 heterocycles. The highest BCUT2D eigenvalue weighted by molar-refractivity contribution is 7.98. The largest absolute Gasteiger partial charge is 0.490 e. The van der Waals surface area contributed by atoms with Crippen LogP contribution in [0.1, 0.15) is 5.56 Å². The van der Waals surface area contributed by atoms with Gasteiger partial charge in [0.25, 0.3) is 0 Å². The molecule has 0 radical (unpaired) electrons. The number of rotatable bonds is 6. The van der Waals surface area contributed by atoms with Crippen LogP contribution in [0.3, 0.4) is 0 Å². The third-order valence-electron chi connectivity index (χ3n) is 4.68. The molecule has 0 bridgehead atoms. The van der Waals surface area contributed by atoms with E-state index in [-0.39, 0.29) is 18.0 Å². The summed E-state index contributed by atoms with van der Waals surface area (Å²) in [5.74, 6) is 1.29. The number of thioether (sulfide) groups is 1. The van der Waals surface area contributed by atoms with E-state index < -0.39 is 11.2 Å². The van der Waals surface area contributed by atoms with Gasteiger partial charge >= 0.3 is 5.69 Å². The number of nitrogens with zero attached hydrogens (tertiary/aromatic N) is 6. The van der Waals surface area contributed by atoms with Crippen molar-refractivity contribution in [3.8, 4) is 5.75 Å². The van der Waals surface area contributed by atoms with Crippen LogP contribution in [-0.2, 0) is 17.5 Å². The van der Waals surface area contributed by atoms with E-state index in [9.17, 15) is 15.2 Å². The molecule has 12 heteroatoms. The summed E-state index contributed by atoms with van der Waals surface area (Å²) < 4.78 is 12.1. The highest BCUT2D eigenvalue weighted by Gasteiger charge is 2.24. The number of ether oxygens (including phenoxy) is 2. The van der Waals surface area contributed by atoms with E-state index in [0.29, 0.717) is 41.0 Å². The summed E-state index contributed by atoms with van der Waals surface area (Å²) >= 11 is 1.37.